The van der Waals surface area contributed by atoms with Crippen LogP contribution in [0.25, 0.3) is 0 Å². The minimum Gasteiger partial charge on any atom is -0.355 e. The molecule has 0 saturated carbocycles. The molecule has 172 valence electrons. The Labute approximate surface area is 202 Å². The van der Waals surface area contributed by atoms with Gasteiger partial charge in [-0.05, 0) is 30.2 Å². The van der Waals surface area contributed by atoms with Gasteiger partial charge in [-0.1, -0.05) is 48.0 Å². The Bertz CT molecular complexity index is 1080. The van der Waals surface area contributed by atoms with Crippen LogP contribution in [0, 0.1) is 0 Å². The lowest BCUT2D eigenvalue weighted by atomic mass is 10.1. The number of carbonyl (C=O) groups excluding carboxylic acids is 2. The van der Waals surface area contributed by atoms with Crippen LogP contribution < -0.4 is 10.6 Å². The van der Waals surface area contributed by atoms with Gasteiger partial charge in [-0.3, -0.25) is 14.5 Å². The molecule has 1 saturated heterocycles. The standard InChI is InChI=1S/C24H26ClN5O2S/c25-19-7-4-8-20(15-19)27-24-28-21(17-33-24)23(32)30-13-11-29(12-14-30)16-22(31)26-10-9-18-5-2-1-3-6-18/h1-8,15,17H,9-14,16H2,(H,26,31)(H,27,28). The lowest BCUT2D eigenvalue weighted by Crippen LogP contribution is -2.51. The Morgan fingerprint density at radius 3 is 2.58 bits per heavy atom. The van der Waals surface area contributed by atoms with Gasteiger partial charge in [-0.15, -0.1) is 11.3 Å². The number of hydrogen-bond donors (Lipinski definition) is 2. The maximum absolute atomic E-state index is 12.8. The quantitative estimate of drug-likeness (QED) is 0.511. The maximum Gasteiger partial charge on any atom is 0.273 e. The van der Waals surface area contributed by atoms with Crippen molar-refractivity contribution in [1.29, 1.82) is 0 Å². The van der Waals surface area contributed by atoms with E-state index in [1.165, 1.54) is 16.9 Å². The van der Waals surface area contributed by atoms with Crippen LogP contribution in [0.15, 0.2) is 60.0 Å². The Morgan fingerprint density at radius 1 is 1.03 bits per heavy atom. The van der Waals surface area contributed by atoms with E-state index >= 15 is 0 Å². The zero-order valence-corrected chi connectivity index (χ0v) is 19.7. The first-order chi connectivity index (χ1) is 16.1. The van der Waals surface area contributed by atoms with E-state index in [-0.39, 0.29) is 11.8 Å². The molecule has 2 aromatic carbocycles. The molecule has 0 atom stereocenters. The van der Waals surface area contributed by atoms with Gasteiger partial charge in [0.2, 0.25) is 5.91 Å². The van der Waals surface area contributed by atoms with Crippen molar-refractivity contribution in [2.24, 2.45) is 0 Å². The van der Waals surface area contributed by atoms with E-state index in [1.54, 1.807) is 16.3 Å². The topological polar surface area (TPSA) is 77.6 Å². The number of amides is 2. The summed E-state index contributed by atoms with van der Waals surface area (Å²) in [6, 6.07) is 17.5. The SMILES string of the molecule is O=C(CN1CCN(C(=O)c2csc(Nc3cccc(Cl)c3)n2)CC1)NCCc1ccccc1. The summed E-state index contributed by atoms with van der Waals surface area (Å²) < 4.78 is 0. The molecule has 0 spiro atoms. The van der Waals surface area contributed by atoms with E-state index in [9.17, 15) is 9.59 Å². The van der Waals surface area contributed by atoms with E-state index in [1.807, 2.05) is 36.4 Å². The molecular weight excluding hydrogens is 458 g/mol. The molecule has 2 heterocycles. The second-order valence-electron chi connectivity index (χ2n) is 7.83. The first-order valence-corrected chi connectivity index (χ1v) is 12.1. The van der Waals surface area contributed by atoms with Crippen LogP contribution in [-0.4, -0.2) is 65.9 Å². The second kappa shape index (κ2) is 11.3. The number of aromatic nitrogens is 1. The highest BCUT2D eigenvalue weighted by Gasteiger charge is 2.24. The van der Waals surface area contributed by atoms with Gasteiger partial charge in [0.15, 0.2) is 5.13 Å². The van der Waals surface area contributed by atoms with Gasteiger partial charge in [-0.2, -0.15) is 0 Å². The number of piperazine rings is 1. The highest BCUT2D eigenvalue weighted by atomic mass is 35.5. The number of anilines is 2. The number of halogens is 1. The summed E-state index contributed by atoms with van der Waals surface area (Å²) in [6.07, 6.45) is 0.816. The number of carbonyl (C=O) groups is 2. The summed E-state index contributed by atoms with van der Waals surface area (Å²) in [5.74, 6) is -0.0701. The molecule has 1 aliphatic heterocycles. The predicted molar refractivity (Wildman–Crippen MR) is 132 cm³/mol. The van der Waals surface area contributed by atoms with Crippen molar-refractivity contribution < 1.29 is 9.59 Å². The van der Waals surface area contributed by atoms with Crippen molar-refractivity contribution in [2.45, 2.75) is 6.42 Å². The average molecular weight is 484 g/mol. The van der Waals surface area contributed by atoms with Crippen LogP contribution in [-0.2, 0) is 11.2 Å². The normalized spacial score (nSPS) is 14.2. The fourth-order valence-electron chi connectivity index (χ4n) is 3.64. The minimum absolute atomic E-state index is 0.0157. The third kappa shape index (κ3) is 6.77. The van der Waals surface area contributed by atoms with Crippen LogP contribution in [0.4, 0.5) is 10.8 Å². The molecule has 2 amide bonds. The third-order valence-corrected chi connectivity index (χ3v) is 6.40. The summed E-state index contributed by atoms with van der Waals surface area (Å²) >= 11 is 7.40. The zero-order valence-electron chi connectivity index (χ0n) is 18.2. The van der Waals surface area contributed by atoms with E-state index in [0.717, 1.165) is 12.1 Å². The second-order valence-corrected chi connectivity index (χ2v) is 9.12. The lowest BCUT2D eigenvalue weighted by molar-refractivity contribution is -0.122. The van der Waals surface area contributed by atoms with Crippen LogP contribution in [0.3, 0.4) is 0 Å². The number of benzene rings is 2. The highest BCUT2D eigenvalue weighted by Crippen LogP contribution is 2.23. The molecule has 0 aliphatic carbocycles. The largest absolute Gasteiger partial charge is 0.355 e. The molecule has 4 rings (SSSR count). The van der Waals surface area contributed by atoms with Crippen LogP contribution in [0.2, 0.25) is 5.02 Å². The Kier molecular flexibility index (Phi) is 7.93. The molecule has 1 aromatic heterocycles. The molecule has 1 aliphatic rings. The Morgan fingerprint density at radius 2 is 1.82 bits per heavy atom. The molecule has 9 heteroatoms. The molecule has 0 unspecified atom stereocenters. The number of nitrogens with zero attached hydrogens (tertiary/aromatic N) is 3. The van der Waals surface area contributed by atoms with Crippen LogP contribution in [0.5, 0.6) is 0 Å². The zero-order chi connectivity index (χ0) is 23.0. The molecule has 1 fully saturated rings. The van der Waals surface area contributed by atoms with Gasteiger partial charge in [0.1, 0.15) is 5.69 Å². The predicted octanol–water partition coefficient (Wildman–Crippen LogP) is 3.66. The van der Waals surface area contributed by atoms with Gasteiger partial charge >= 0.3 is 0 Å². The molecule has 0 bridgehead atoms. The third-order valence-electron chi connectivity index (χ3n) is 5.40. The van der Waals surface area contributed by atoms with Crippen molar-refractivity contribution in [3.05, 3.63) is 76.3 Å². The lowest BCUT2D eigenvalue weighted by Gasteiger charge is -2.33. The molecule has 0 radical (unpaired) electrons. The van der Waals surface area contributed by atoms with E-state index in [0.29, 0.717) is 55.1 Å². The maximum atomic E-state index is 12.8. The first-order valence-electron chi connectivity index (χ1n) is 10.9. The Hall–Kier alpha value is -2.94. The summed E-state index contributed by atoms with van der Waals surface area (Å²) in [6.45, 7) is 3.44. The van der Waals surface area contributed by atoms with Crippen molar-refractivity contribution in [2.75, 3.05) is 44.6 Å². The Balaban J connectivity index is 1.20. The summed E-state index contributed by atoms with van der Waals surface area (Å²) in [5.41, 5.74) is 2.46. The number of nitrogens with one attached hydrogen (secondary N) is 2. The van der Waals surface area contributed by atoms with Gasteiger partial charge in [0.05, 0.1) is 6.54 Å². The fraction of sp³-hybridized carbons (Fsp3) is 0.292. The van der Waals surface area contributed by atoms with E-state index in [4.69, 9.17) is 11.6 Å². The van der Waals surface area contributed by atoms with Crippen LogP contribution >= 0.6 is 22.9 Å². The highest BCUT2D eigenvalue weighted by molar-refractivity contribution is 7.14. The summed E-state index contributed by atoms with van der Waals surface area (Å²) in [4.78, 5) is 33.4. The smallest absolute Gasteiger partial charge is 0.273 e. The number of hydrogen-bond acceptors (Lipinski definition) is 6. The van der Waals surface area contributed by atoms with Gasteiger partial charge in [-0.25, -0.2) is 4.98 Å². The van der Waals surface area contributed by atoms with Gasteiger partial charge in [0, 0.05) is 48.8 Å². The monoisotopic (exact) mass is 483 g/mol. The van der Waals surface area contributed by atoms with E-state index < -0.39 is 0 Å². The molecule has 3 aromatic rings. The van der Waals surface area contributed by atoms with Crippen molar-refractivity contribution in [3.8, 4) is 0 Å². The summed E-state index contributed by atoms with van der Waals surface area (Å²) in [7, 11) is 0. The van der Waals surface area contributed by atoms with E-state index in [2.05, 4.69) is 32.7 Å². The molecular formula is C24H26ClN5O2S. The molecule has 33 heavy (non-hydrogen) atoms. The molecule has 2 N–H and O–H groups in total. The van der Waals surface area contributed by atoms with Crippen molar-refractivity contribution in [3.63, 3.8) is 0 Å². The molecule has 7 nitrogen and oxygen atoms in total. The van der Waals surface area contributed by atoms with Gasteiger partial charge < -0.3 is 15.5 Å². The minimum atomic E-state index is -0.0858. The van der Waals surface area contributed by atoms with Crippen LogP contribution in [0.1, 0.15) is 16.1 Å². The first kappa shape index (κ1) is 23.2. The fourth-order valence-corrected chi connectivity index (χ4v) is 4.53. The summed E-state index contributed by atoms with van der Waals surface area (Å²) in [5, 5.41) is 9.20. The number of rotatable bonds is 8. The average Bonchev–Trinajstić information content (AvgIpc) is 3.28. The number of thiazole rings is 1. The van der Waals surface area contributed by atoms with Crippen molar-refractivity contribution in [1.82, 2.24) is 20.1 Å². The van der Waals surface area contributed by atoms with Gasteiger partial charge in [0.25, 0.3) is 5.91 Å². The van der Waals surface area contributed by atoms with Crippen molar-refractivity contribution >= 4 is 45.6 Å².